The van der Waals surface area contributed by atoms with Crippen molar-refractivity contribution >= 4 is 28.7 Å². The molecule has 142 valence electrons. The number of carbonyl (C=O) groups is 1. The van der Waals surface area contributed by atoms with Crippen LogP contribution < -0.4 is 16.0 Å². The molecule has 0 aliphatic carbocycles. The van der Waals surface area contributed by atoms with Crippen LogP contribution in [0.1, 0.15) is 12.8 Å². The van der Waals surface area contributed by atoms with Gasteiger partial charge in [-0.25, -0.2) is 15.0 Å². The number of piperidine rings is 1. The van der Waals surface area contributed by atoms with Crippen molar-refractivity contribution in [1.82, 2.24) is 30.0 Å². The number of aryl methyl sites for hydroxylation is 1. The number of aromatic nitrogens is 5. The molecule has 0 unspecified atom stereocenters. The maximum atomic E-state index is 12.3. The summed E-state index contributed by atoms with van der Waals surface area (Å²) in [5.74, 6) is 1.52. The number of carbonyl (C=O) groups excluding carboxylic acids is 1. The van der Waals surface area contributed by atoms with Crippen molar-refractivity contribution in [3.8, 4) is 11.4 Å². The van der Waals surface area contributed by atoms with Gasteiger partial charge in [-0.1, -0.05) is 0 Å². The van der Waals surface area contributed by atoms with Gasteiger partial charge < -0.3 is 10.6 Å². The summed E-state index contributed by atoms with van der Waals surface area (Å²) in [5, 5.41) is 7.86. The van der Waals surface area contributed by atoms with Gasteiger partial charge in [0.1, 0.15) is 11.4 Å². The van der Waals surface area contributed by atoms with E-state index in [9.17, 15) is 4.79 Å². The zero-order valence-electron chi connectivity index (χ0n) is 15.3. The molecule has 0 saturated carbocycles. The average molecular weight is 377 g/mol. The fourth-order valence-electron chi connectivity index (χ4n) is 3.85. The number of amides is 1. The Morgan fingerprint density at radius 2 is 1.93 bits per heavy atom. The Morgan fingerprint density at radius 3 is 2.61 bits per heavy atom. The van der Waals surface area contributed by atoms with Gasteiger partial charge in [-0.2, -0.15) is 5.10 Å². The summed E-state index contributed by atoms with van der Waals surface area (Å²) in [7, 11) is 1.86. The number of rotatable bonds is 2. The number of nitrogens with zero attached hydrogens (tertiary/aromatic N) is 7. The van der Waals surface area contributed by atoms with Gasteiger partial charge >= 0.3 is 0 Å². The first-order valence-corrected chi connectivity index (χ1v) is 9.08. The molecular weight excluding hydrogens is 358 g/mol. The van der Waals surface area contributed by atoms with E-state index >= 15 is 0 Å². The van der Waals surface area contributed by atoms with E-state index in [0.29, 0.717) is 31.8 Å². The molecule has 0 aromatic carbocycles. The number of nitrogens with two attached hydrogens (primary N) is 1. The van der Waals surface area contributed by atoms with Crippen LogP contribution in [0.15, 0.2) is 35.7 Å². The van der Waals surface area contributed by atoms with Gasteiger partial charge in [0.2, 0.25) is 0 Å². The van der Waals surface area contributed by atoms with Crippen molar-refractivity contribution in [2.24, 2.45) is 17.8 Å². The lowest BCUT2D eigenvalue weighted by Gasteiger charge is -2.36. The average Bonchev–Trinajstić information content (AvgIpc) is 3.22. The minimum Gasteiger partial charge on any atom is -0.370 e. The number of fused-ring (bicyclic) bond motifs is 1. The van der Waals surface area contributed by atoms with Crippen LogP contribution in [0.25, 0.3) is 22.4 Å². The Hall–Kier alpha value is -3.56. The van der Waals surface area contributed by atoms with Gasteiger partial charge in [0, 0.05) is 38.1 Å². The van der Waals surface area contributed by atoms with Crippen LogP contribution in [0.5, 0.6) is 0 Å². The molecule has 0 atom stereocenters. The second kappa shape index (κ2) is 5.98. The van der Waals surface area contributed by atoms with Crippen molar-refractivity contribution in [1.29, 1.82) is 0 Å². The highest BCUT2D eigenvalue weighted by Gasteiger charge is 2.45. The topological polar surface area (TPSA) is 127 Å². The molecule has 28 heavy (non-hydrogen) atoms. The lowest BCUT2D eigenvalue weighted by Crippen LogP contribution is -2.49. The normalized spacial score (nSPS) is 18.5. The predicted molar refractivity (Wildman–Crippen MR) is 103 cm³/mol. The molecule has 10 heteroatoms. The van der Waals surface area contributed by atoms with Crippen molar-refractivity contribution in [3.05, 3.63) is 30.7 Å². The molecule has 2 aliphatic rings. The van der Waals surface area contributed by atoms with Crippen LogP contribution in [0.4, 0.5) is 5.82 Å². The molecule has 2 aliphatic heterocycles. The quantitative estimate of drug-likeness (QED) is 0.653. The van der Waals surface area contributed by atoms with Crippen LogP contribution in [-0.4, -0.2) is 55.2 Å². The van der Waals surface area contributed by atoms with E-state index in [1.54, 1.807) is 23.3 Å². The number of nitrogens with one attached hydrogen (secondary N) is 1. The van der Waals surface area contributed by atoms with Gasteiger partial charge in [-0.3, -0.25) is 19.8 Å². The van der Waals surface area contributed by atoms with Gasteiger partial charge in [-0.15, -0.1) is 0 Å². The highest BCUT2D eigenvalue weighted by Crippen LogP contribution is 2.34. The Labute approximate surface area is 160 Å². The molecule has 10 nitrogen and oxygen atoms in total. The van der Waals surface area contributed by atoms with Crippen molar-refractivity contribution in [3.63, 3.8) is 0 Å². The van der Waals surface area contributed by atoms with E-state index in [4.69, 9.17) is 10.7 Å². The van der Waals surface area contributed by atoms with E-state index in [-0.39, 0.29) is 11.9 Å². The van der Waals surface area contributed by atoms with Crippen LogP contribution in [0.3, 0.4) is 0 Å². The number of anilines is 1. The van der Waals surface area contributed by atoms with E-state index < -0.39 is 5.54 Å². The summed E-state index contributed by atoms with van der Waals surface area (Å²) >= 11 is 0. The maximum Gasteiger partial charge on any atom is 0.254 e. The molecule has 1 fully saturated rings. The monoisotopic (exact) mass is 377 g/mol. The second-order valence-electron chi connectivity index (χ2n) is 7.08. The minimum absolute atomic E-state index is 0.115. The number of aliphatic imine (C=N–C) groups is 1. The summed E-state index contributed by atoms with van der Waals surface area (Å²) < 4.78 is 1.74. The van der Waals surface area contributed by atoms with Crippen molar-refractivity contribution in [2.75, 3.05) is 18.0 Å². The Kier molecular flexibility index (Phi) is 3.54. The van der Waals surface area contributed by atoms with Crippen LogP contribution >= 0.6 is 0 Å². The lowest BCUT2D eigenvalue weighted by molar-refractivity contribution is -0.124. The van der Waals surface area contributed by atoms with Crippen molar-refractivity contribution < 1.29 is 4.79 Å². The summed E-state index contributed by atoms with van der Waals surface area (Å²) in [6, 6.07) is 3.76. The van der Waals surface area contributed by atoms with E-state index in [0.717, 1.165) is 22.4 Å². The molecule has 3 aromatic rings. The van der Waals surface area contributed by atoms with Crippen LogP contribution in [0.2, 0.25) is 0 Å². The first-order valence-electron chi connectivity index (χ1n) is 9.08. The highest BCUT2D eigenvalue weighted by molar-refractivity contribution is 6.07. The standard InChI is InChI=1S/C18H19N9O/c1-26-14-12(10-21-26)15(23-13(22-14)11-2-6-20-7-3-11)27-8-4-18(5-9-27)16(28)24-17(19)25-18/h2-3,6-7,10H,4-5,8-9H2,1H3,(H3,19,24,25,28). The Balaban J connectivity index is 1.53. The summed E-state index contributed by atoms with van der Waals surface area (Å²) in [6.45, 7) is 1.28. The second-order valence-corrected chi connectivity index (χ2v) is 7.08. The fourth-order valence-corrected chi connectivity index (χ4v) is 3.85. The third-order valence-electron chi connectivity index (χ3n) is 5.40. The number of pyridine rings is 1. The summed E-state index contributed by atoms with van der Waals surface area (Å²) in [4.78, 5) is 32.4. The molecule has 0 bridgehead atoms. The molecule has 1 spiro atoms. The van der Waals surface area contributed by atoms with Gasteiger partial charge in [-0.05, 0) is 25.0 Å². The zero-order chi connectivity index (χ0) is 19.3. The van der Waals surface area contributed by atoms with E-state index in [1.165, 1.54) is 0 Å². The van der Waals surface area contributed by atoms with Crippen LogP contribution in [0, 0.1) is 0 Å². The first-order chi connectivity index (χ1) is 13.6. The largest absolute Gasteiger partial charge is 0.370 e. The van der Waals surface area contributed by atoms with E-state index in [2.05, 4.69) is 30.3 Å². The molecular formula is C18H19N9O. The molecule has 3 N–H and O–H groups in total. The van der Waals surface area contributed by atoms with Gasteiger partial charge in [0.15, 0.2) is 17.4 Å². The summed E-state index contributed by atoms with van der Waals surface area (Å²) in [6.07, 6.45) is 6.38. The molecule has 0 radical (unpaired) electrons. The van der Waals surface area contributed by atoms with E-state index in [1.807, 2.05) is 19.2 Å². The molecule has 5 rings (SSSR count). The SMILES string of the molecule is Cn1ncc2c(N3CCC4(CC3)N=C(N)NC4=O)nc(-c3ccncc3)nc21. The lowest BCUT2D eigenvalue weighted by atomic mass is 9.88. The summed E-state index contributed by atoms with van der Waals surface area (Å²) in [5.41, 5.74) is 6.60. The van der Waals surface area contributed by atoms with Gasteiger partial charge in [0.05, 0.1) is 11.6 Å². The molecule has 1 amide bonds. The molecule has 1 saturated heterocycles. The predicted octanol–water partition coefficient (Wildman–Crippen LogP) is 0.209. The number of guanidine groups is 1. The third kappa shape index (κ3) is 2.48. The molecule has 5 heterocycles. The first kappa shape index (κ1) is 16.6. The Morgan fingerprint density at radius 1 is 1.18 bits per heavy atom. The number of hydrogen-bond donors (Lipinski definition) is 2. The van der Waals surface area contributed by atoms with Crippen molar-refractivity contribution in [2.45, 2.75) is 18.4 Å². The smallest absolute Gasteiger partial charge is 0.254 e. The minimum atomic E-state index is -0.754. The fraction of sp³-hybridized carbons (Fsp3) is 0.333. The van der Waals surface area contributed by atoms with Gasteiger partial charge in [0.25, 0.3) is 5.91 Å². The Bertz CT molecular complexity index is 1100. The third-order valence-corrected chi connectivity index (χ3v) is 5.40. The number of hydrogen-bond acceptors (Lipinski definition) is 8. The highest BCUT2D eigenvalue weighted by atomic mass is 16.2. The zero-order valence-corrected chi connectivity index (χ0v) is 15.3. The maximum absolute atomic E-state index is 12.3. The van der Waals surface area contributed by atoms with Crippen LogP contribution in [-0.2, 0) is 11.8 Å². The molecule has 3 aromatic heterocycles.